The SMILES string of the molecule is COc1ccc(C=C2SC(=S)N(CCCCCC(=O)NNS(=O)(=O)c3ccccc3)C2=O)cc1. The van der Waals surface area contributed by atoms with Crippen molar-refractivity contribution in [3.05, 3.63) is 65.1 Å². The number of thioether (sulfide) groups is 1. The van der Waals surface area contributed by atoms with E-state index < -0.39 is 15.9 Å². The molecular weight excluding hydrogens is 494 g/mol. The van der Waals surface area contributed by atoms with Crippen LogP contribution in [0.5, 0.6) is 5.75 Å². The van der Waals surface area contributed by atoms with E-state index in [9.17, 15) is 18.0 Å². The number of hydrogen-bond donors (Lipinski definition) is 2. The van der Waals surface area contributed by atoms with Crippen LogP contribution in [0.1, 0.15) is 31.2 Å². The summed E-state index contributed by atoms with van der Waals surface area (Å²) in [6, 6.07) is 15.2. The number of methoxy groups -OCH3 is 1. The number of ether oxygens (including phenoxy) is 1. The van der Waals surface area contributed by atoms with Crippen LogP contribution in [0.15, 0.2) is 64.4 Å². The van der Waals surface area contributed by atoms with Crippen molar-refractivity contribution in [1.82, 2.24) is 15.2 Å². The number of unbranched alkanes of at least 4 members (excludes halogenated alkanes) is 2. The Labute approximate surface area is 208 Å². The van der Waals surface area contributed by atoms with E-state index in [1.807, 2.05) is 24.3 Å². The van der Waals surface area contributed by atoms with Crippen molar-refractivity contribution in [3.8, 4) is 5.75 Å². The summed E-state index contributed by atoms with van der Waals surface area (Å²) in [5.41, 5.74) is 3.11. The Kier molecular flexibility index (Phi) is 9.22. The van der Waals surface area contributed by atoms with Gasteiger partial charge in [-0.3, -0.25) is 19.9 Å². The molecule has 1 heterocycles. The molecule has 1 aliphatic heterocycles. The molecule has 1 saturated heterocycles. The van der Waals surface area contributed by atoms with Gasteiger partial charge in [0.2, 0.25) is 5.91 Å². The van der Waals surface area contributed by atoms with Crippen LogP contribution >= 0.6 is 24.0 Å². The van der Waals surface area contributed by atoms with E-state index in [0.29, 0.717) is 35.0 Å². The fraction of sp³-hybridized carbons (Fsp3) is 0.261. The molecule has 2 aromatic carbocycles. The van der Waals surface area contributed by atoms with Gasteiger partial charge in [-0.15, -0.1) is 4.83 Å². The summed E-state index contributed by atoms with van der Waals surface area (Å²) in [6.07, 6.45) is 3.88. The quantitative estimate of drug-likeness (QED) is 0.203. The number of carbonyl (C=O) groups excluding carboxylic acids is 2. The molecule has 8 nitrogen and oxygen atoms in total. The topological polar surface area (TPSA) is 105 Å². The van der Waals surface area contributed by atoms with Gasteiger partial charge in [0, 0.05) is 13.0 Å². The zero-order valence-corrected chi connectivity index (χ0v) is 21.0. The zero-order valence-electron chi connectivity index (χ0n) is 18.5. The molecule has 0 unspecified atom stereocenters. The van der Waals surface area contributed by atoms with Crippen LogP contribution in [0.25, 0.3) is 6.08 Å². The minimum absolute atomic E-state index is 0.0693. The summed E-state index contributed by atoms with van der Waals surface area (Å²) in [6.45, 7) is 0.465. The predicted molar refractivity (Wildman–Crippen MR) is 136 cm³/mol. The molecule has 0 saturated carbocycles. The van der Waals surface area contributed by atoms with Crippen LogP contribution < -0.4 is 15.0 Å². The highest BCUT2D eigenvalue weighted by Crippen LogP contribution is 2.33. The molecule has 0 radical (unpaired) electrons. The third-order valence-electron chi connectivity index (χ3n) is 4.95. The molecule has 0 aromatic heterocycles. The standard InChI is InChI=1S/C23H25N3O5S3/c1-31-18-13-11-17(12-14-18)16-20-22(28)26(23(32)33-20)15-7-3-6-10-21(27)24-25-34(29,30)19-8-4-2-5-9-19/h2,4-5,8-9,11-14,16,25H,3,6-7,10,15H2,1H3,(H,24,27). The van der Waals surface area contributed by atoms with Crippen LogP contribution in [-0.4, -0.2) is 43.1 Å². The number of hydrogen-bond acceptors (Lipinski definition) is 7. The third-order valence-corrected chi connectivity index (χ3v) is 7.59. The lowest BCUT2D eigenvalue weighted by atomic mass is 10.2. The summed E-state index contributed by atoms with van der Waals surface area (Å²) in [5, 5.41) is 0. The van der Waals surface area contributed by atoms with Crippen molar-refractivity contribution in [1.29, 1.82) is 0 Å². The van der Waals surface area contributed by atoms with Crippen molar-refractivity contribution in [3.63, 3.8) is 0 Å². The molecule has 0 bridgehead atoms. The number of rotatable bonds is 11. The Morgan fingerprint density at radius 3 is 2.47 bits per heavy atom. The first-order valence-electron chi connectivity index (χ1n) is 10.6. The molecule has 0 atom stereocenters. The molecule has 0 aliphatic carbocycles. The van der Waals surface area contributed by atoms with Gasteiger partial charge in [0.25, 0.3) is 15.9 Å². The highest BCUT2D eigenvalue weighted by molar-refractivity contribution is 8.26. The van der Waals surface area contributed by atoms with Crippen molar-refractivity contribution in [2.24, 2.45) is 0 Å². The van der Waals surface area contributed by atoms with Crippen molar-refractivity contribution in [2.75, 3.05) is 13.7 Å². The number of amides is 2. The van der Waals surface area contributed by atoms with E-state index in [1.165, 1.54) is 23.9 Å². The van der Waals surface area contributed by atoms with Crippen LogP contribution in [0.2, 0.25) is 0 Å². The van der Waals surface area contributed by atoms with Crippen molar-refractivity contribution in [2.45, 2.75) is 30.6 Å². The second kappa shape index (κ2) is 12.1. The Bertz CT molecular complexity index is 1170. The highest BCUT2D eigenvalue weighted by Gasteiger charge is 2.31. The van der Waals surface area contributed by atoms with Gasteiger partial charge >= 0.3 is 0 Å². The first-order chi connectivity index (χ1) is 16.3. The largest absolute Gasteiger partial charge is 0.497 e. The van der Waals surface area contributed by atoms with Gasteiger partial charge in [-0.25, -0.2) is 8.42 Å². The molecule has 0 spiro atoms. The highest BCUT2D eigenvalue weighted by atomic mass is 32.2. The van der Waals surface area contributed by atoms with E-state index in [0.717, 1.165) is 11.3 Å². The van der Waals surface area contributed by atoms with Gasteiger partial charge in [-0.2, -0.15) is 0 Å². The van der Waals surface area contributed by atoms with E-state index in [-0.39, 0.29) is 17.2 Å². The average molecular weight is 520 g/mol. The maximum absolute atomic E-state index is 12.7. The predicted octanol–water partition coefficient (Wildman–Crippen LogP) is 3.47. The minimum atomic E-state index is -3.80. The lowest BCUT2D eigenvalue weighted by molar-refractivity contribution is -0.123. The van der Waals surface area contributed by atoms with Crippen LogP contribution in [0.4, 0.5) is 0 Å². The number of nitrogens with one attached hydrogen (secondary N) is 2. The van der Waals surface area contributed by atoms with Gasteiger partial charge in [-0.05, 0) is 48.7 Å². The smallest absolute Gasteiger partial charge is 0.266 e. The summed E-state index contributed by atoms with van der Waals surface area (Å²) in [5.74, 6) is 0.193. The van der Waals surface area contributed by atoms with Crippen LogP contribution in [-0.2, 0) is 19.6 Å². The van der Waals surface area contributed by atoms with Crippen LogP contribution in [0, 0.1) is 0 Å². The average Bonchev–Trinajstić information content (AvgIpc) is 3.11. The number of benzene rings is 2. The second-order valence-corrected chi connectivity index (χ2v) is 10.7. The first-order valence-corrected chi connectivity index (χ1v) is 13.3. The van der Waals surface area contributed by atoms with E-state index in [2.05, 4.69) is 10.3 Å². The maximum atomic E-state index is 12.7. The van der Waals surface area contributed by atoms with Crippen molar-refractivity contribution >= 4 is 56.2 Å². The van der Waals surface area contributed by atoms with Gasteiger partial charge in [0.05, 0.1) is 16.9 Å². The number of hydrazine groups is 1. The van der Waals surface area contributed by atoms with Crippen LogP contribution in [0.3, 0.4) is 0 Å². The molecule has 2 N–H and O–H groups in total. The molecule has 3 rings (SSSR count). The Morgan fingerprint density at radius 1 is 1.09 bits per heavy atom. The Balaban J connectivity index is 1.39. The number of carbonyl (C=O) groups is 2. The van der Waals surface area contributed by atoms with E-state index >= 15 is 0 Å². The monoisotopic (exact) mass is 519 g/mol. The summed E-state index contributed by atoms with van der Waals surface area (Å²) in [7, 11) is -2.20. The van der Waals surface area contributed by atoms with Gasteiger partial charge < -0.3 is 4.74 Å². The molecule has 2 amide bonds. The van der Waals surface area contributed by atoms with Crippen molar-refractivity contribution < 1.29 is 22.7 Å². The molecule has 180 valence electrons. The molecule has 1 fully saturated rings. The second-order valence-electron chi connectivity index (χ2n) is 7.38. The molecule has 1 aliphatic rings. The lowest BCUT2D eigenvalue weighted by Crippen LogP contribution is -2.41. The van der Waals surface area contributed by atoms with Gasteiger partial charge in [-0.1, -0.05) is 60.7 Å². The molecular formula is C23H25N3O5S3. The summed E-state index contributed by atoms with van der Waals surface area (Å²) < 4.78 is 29.9. The number of sulfonamides is 1. The summed E-state index contributed by atoms with van der Waals surface area (Å²) in [4.78, 5) is 29.0. The van der Waals surface area contributed by atoms with E-state index in [1.54, 1.807) is 36.3 Å². The molecule has 2 aromatic rings. The van der Waals surface area contributed by atoms with E-state index in [4.69, 9.17) is 17.0 Å². The normalized spacial score (nSPS) is 15.1. The van der Waals surface area contributed by atoms with Gasteiger partial charge in [0.15, 0.2) is 0 Å². The fourth-order valence-electron chi connectivity index (χ4n) is 3.12. The van der Waals surface area contributed by atoms with Gasteiger partial charge in [0.1, 0.15) is 10.1 Å². The first kappa shape index (κ1) is 25.9. The lowest BCUT2D eigenvalue weighted by Gasteiger charge is -2.14. The number of nitrogens with zero attached hydrogens (tertiary/aromatic N) is 1. The molecule has 34 heavy (non-hydrogen) atoms. The minimum Gasteiger partial charge on any atom is -0.497 e. The maximum Gasteiger partial charge on any atom is 0.266 e. The molecule has 11 heteroatoms. The Morgan fingerprint density at radius 2 is 1.79 bits per heavy atom. The number of thiocarbonyl (C=S) groups is 1. The summed E-state index contributed by atoms with van der Waals surface area (Å²) >= 11 is 6.63. The Hall–Kier alpha value is -2.73. The zero-order chi connectivity index (χ0) is 24.6. The fourth-order valence-corrected chi connectivity index (χ4v) is 5.31. The third kappa shape index (κ3) is 7.13.